The van der Waals surface area contributed by atoms with Gasteiger partial charge in [-0.05, 0) is 36.6 Å². The maximum absolute atomic E-state index is 5.64. The lowest BCUT2D eigenvalue weighted by Gasteiger charge is -2.20. The lowest BCUT2D eigenvalue weighted by molar-refractivity contribution is 0.285. The van der Waals surface area contributed by atoms with Gasteiger partial charge in [-0.15, -0.1) is 0 Å². The molecule has 0 saturated carbocycles. The second-order valence-corrected chi connectivity index (χ2v) is 4.92. The van der Waals surface area contributed by atoms with Crippen molar-refractivity contribution in [2.24, 2.45) is 5.73 Å². The Balaban J connectivity index is 1.88. The molecule has 0 fully saturated rings. The molecule has 3 heteroatoms. The van der Waals surface area contributed by atoms with Crippen molar-refractivity contribution in [1.82, 2.24) is 4.90 Å². The maximum atomic E-state index is 5.64. The van der Waals surface area contributed by atoms with Gasteiger partial charge < -0.3 is 15.4 Å². The summed E-state index contributed by atoms with van der Waals surface area (Å²) in [5.41, 5.74) is 8.43. The SMILES string of the molecule is CCCN(CCN)CCc1ccc2c(c1)CCO2. The summed E-state index contributed by atoms with van der Waals surface area (Å²) in [4.78, 5) is 2.45. The number of benzene rings is 1. The van der Waals surface area contributed by atoms with Gasteiger partial charge in [0.1, 0.15) is 5.75 Å². The maximum Gasteiger partial charge on any atom is 0.122 e. The monoisotopic (exact) mass is 248 g/mol. The van der Waals surface area contributed by atoms with Crippen LogP contribution in [0.1, 0.15) is 24.5 Å². The minimum atomic E-state index is 0.748. The molecule has 0 aliphatic carbocycles. The fraction of sp³-hybridized carbons (Fsp3) is 0.600. The van der Waals surface area contributed by atoms with E-state index in [4.69, 9.17) is 10.5 Å². The van der Waals surface area contributed by atoms with Gasteiger partial charge >= 0.3 is 0 Å². The molecule has 0 spiro atoms. The molecule has 1 heterocycles. The number of hydrogen-bond acceptors (Lipinski definition) is 3. The summed E-state index contributed by atoms with van der Waals surface area (Å²) >= 11 is 0. The lowest BCUT2D eigenvalue weighted by atomic mass is 10.1. The summed E-state index contributed by atoms with van der Waals surface area (Å²) in [6, 6.07) is 6.61. The van der Waals surface area contributed by atoms with E-state index in [2.05, 4.69) is 30.0 Å². The van der Waals surface area contributed by atoms with Gasteiger partial charge in [0.25, 0.3) is 0 Å². The number of hydrogen-bond donors (Lipinski definition) is 1. The summed E-state index contributed by atoms with van der Waals surface area (Å²) < 4.78 is 5.53. The van der Waals surface area contributed by atoms with Gasteiger partial charge in [-0.2, -0.15) is 0 Å². The third-order valence-electron chi connectivity index (χ3n) is 3.46. The molecule has 0 aromatic heterocycles. The van der Waals surface area contributed by atoms with Crippen LogP contribution in [0.25, 0.3) is 0 Å². The Morgan fingerprint density at radius 2 is 2.17 bits per heavy atom. The Morgan fingerprint density at radius 1 is 1.28 bits per heavy atom. The van der Waals surface area contributed by atoms with Crippen LogP contribution in [0.15, 0.2) is 18.2 Å². The molecular formula is C15H24N2O. The highest BCUT2D eigenvalue weighted by atomic mass is 16.5. The molecule has 0 bridgehead atoms. The quantitative estimate of drug-likeness (QED) is 0.800. The zero-order valence-electron chi connectivity index (χ0n) is 11.3. The number of ether oxygens (including phenoxy) is 1. The average molecular weight is 248 g/mol. The smallest absolute Gasteiger partial charge is 0.122 e. The van der Waals surface area contributed by atoms with E-state index in [1.807, 2.05) is 0 Å². The predicted molar refractivity (Wildman–Crippen MR) is 75.1 cm³/mol. The van der Waals surface area contributed by atoms with Crippen LogP contribution in [0.4, 0.5) is 0 Å². The van der Waals surface area contributed by atoms with Crippen LogP contribution in [0.2, 0.25) is 0 Å². The van der Waals surface area contributed by atoms with Crippen LogP contribution in [0.3, 0.4) is 0 Å². The van der Waals surface area contributed by atoms with E-state index < -0.39 is 0 Å². The second kappa shape index (κ2) is 6.76. The van der Waals surface area contributed by atoms with Crippen LogP contribution in [0, 0.1) is 0 Å². The average Bonchev–Trinajstić information content (AvgIpc) is 2.84. The van der Waals surface area contributed by atoms with E-state index in [-0.39, 0.29) is 0 Å². The molecule has 0 saturated heterocycles. The summed E-state index contributed by atoms with van der Waals surface area (Å²) in [6.07, 6.45) is 3.36. The van der Waals surface area contributed by atoms with E-state index >= 15 is 0 Å². The van der Waals surface area contributed by atoms with E-state index in [1.165, 1.54) is 17.5 Å². The molecular weight excluding hydrogens is 224 g/mol. The molecule has 1 aromatic carbocycles. The van der Waals surface area contributed by atoms with Crippen molar-refractivity contribution in [3.05, 3.63) is 29.3 Å². The summed E-state index contributed by atoms with van der Waals surface area (Å²) in [6.45, 7) is 7.06. The zero-order valence-corrected chi connectivity index (χ0v) is 11.3. The molecule has 2 rings (SSSR count). The fourth-order valence-electron chi connectivity index (χ4n) is 2.52. The molecule has 3 nitrogen and oxygen atoms in total. The van der Waals surface area contributed by atoms with E-state index in [9.17, 15) is 0 Å². The van der Waals surface area contributed by atoms with Crippen molar-refractivity contribution in [1.29, 1.82) is 0 Å². The highest BCUT2D eigenvalue weighted by Gasteiger charge is 2.12. The molecule has 100 valence electrons. The number of fused-ring (bicyclic) bond motifs is 1. The second-order valence-electron chi connectivity index (χ2n) is 4.92. The first-order valence-corrected chi connectivity index (χ1v) is 7.00. The van der Waals surface area contributed by atoms with Crippen molar-refractivity contribution in [2.45, 2.75) is 26.2 Å². The summed E-state index contributed by atoms with van der Waals surface area (Å²) in [5, 5.41) is 0. The van der Waals surface area contributed by atoms with Crippen molar-refractivity contribution in [3.63, 3.8) is 0 Å². The Hall–Kier alpha value is -1.06. The van der Waals surface area contributed by atoms with Gasteiger partial charge in [-0.1, -0.05) is 19.1 Å². The Bertz CT molecular complexity index is 373. The first-order valence-electron chi connectivity index (χ1n) is 7.00. The highest BCUT2D eigenvalue weighted by Crippen LogP contribution is 2.25. The van der Waals surface area contributed by atoms with E-state index in [0.29, 0.717) is 0 Å². The van der Waals surface area contributed by atoms with E-state index in [0.717, 1.165) is 51.4 Å². The molecule has 0 atom stereocenters. The van der Waals surface area contributed by atoms with Crippen LogP contribution in [-0.2, 0) is 12.8 Å². The van der Waals surface area contributed by atoms with Gasteiger partial charge in [0.05, 0.1) is 6.61 Å². The van der Waals surface area contributed by atoms with Gasteiger partial charge in [0.15, 0.2) is 0 Å². The Morgan fingerprint density at radius 3 is 2.94 bits per heavy atom. The molecule has 1 aliphatic heterocycles. The Kier molecular flexibility index (Phi) is 5.02. The first kappa shape index (κ1) is 13.4. The lowest BCUT2D eigenvalue weighted by Crippen LogP contribution is -2.32. The van der Waals surface area contributed by atoms with Crippen molar-refractivity contribution in [2.75, 3.05) is 32.8 Å². The van der Waals surface area contributed by atoms with Gasteiger partial charge in [0, 0.05) is 26.1 Å². The normalized spacial score (nSPS) is 13.7. The molecule has 1 aliphatic rings. The summed E-state index contributed by atoms with van der Waals surface area (Å²) in [5.74, 6) is 1.08. The molecule has 1 aromatic rings. The van der Waals surface area contributed by atoms with Crippen LogP contribution in [0.5, 0.6) is 5.75 Å². The van der Waals surface area contributed by atoms with E-state index in [1.54, 1.807) is 0 Å². The van der Waals surface area contributed by atoms with Crippen LogP contribution in [-0.4, -0.2) is 37.7 Å². The predicted octanol–water partition coefficient (Wildman–Crippen LogP) is 1.83. The number of nitrogens with zero attached hydrogens (tertiary/aromatic N) is 1. The minimum Gasteiger partial charge on any atom is -0.493 e. The molecule has 18 heavy (non-hydrogen) atoms. The minimum absolute atomic E-state index is 0.748. The van der Waals surface area contributed by atoms with Gasteiger partial charge in [-0.25, -0.2) is 0 Å². The fourth-order valence-corrected chi connectivity index (χ4v) is 2.52. The van der Waals surface area contributed by atoms with Gasteiger partial charge in [-0.3, -0.25) is 0 Å². The Labute approximate surface area is 110 Å². The number of rotatable bonds is 7. The molecule has 0 unspecified atom stereocenters. The third kappa shape index (κ3) is 3.47. The number of nitrogens with two attached hydrogens (primary N) is 1. The highest BCUT2D eigenvalue weighted by molar-refractivity contribution is 5.39. The molecule has 0 amide bonds. The van der Waals surface area contributed by atoms with Crippen LogP contribution < -0.4 is 10.5 Å². The first-order chi connectivity index (χ1) is 8.83. The third-order valence-corrected chi connectivity index (χ3v) is 3.46. The topological polar surface area (TPSA) is 38.5 Å². The van der Waals surface area contributed by atoms with Crippen LogP contribution >= 0.6 is 0 Å². The molecule has 0 radical (unpaired) electrons. The summed E-state index contributed by atoms with van der Waals surface area (Å²) in [7, 11) is 0. The zero-order chi connectivity index (χ0) is 12.8. The largest absolute Gasteiger partial charge is 0.493 e. The van der Waals surface area contributed by atoms with Gasteiger partial charge in [0.2, 0.25) is 0 Å². The van der Waals surface area contributed by atoms with Crippen molar-refractivity contribution in [3.8, 4) is 5.75 Å². The molecule has 2 N–H and O–H groups in total. The van der Waals surface area contributed by atoms with Crippen molar-refractivity contribution < 1.29 is 4.74 Å². The van der Waals surface area contributed by atoms with Crippen molar-refractivity contribution >= 4 is 0 Å². The standard InChI is InChI=1S/C15H24N2O/c1-2-8-17(10-7-16)9-5-13-3-4-15-14(12-13)6-11-18-15/h3-4,12H,2,5-11,16H2,1H3.